The third-order valence-electron chi connectivity index (χ3n) is 3.15. The van der Waals surface area contributed by atoms with Crippen molar-refractivity contribution in [3.05, 3.63) is 77.3 Å². The summed E-state index contributed by atoms with van der Waals surface area (Å²) in [5, 5.41) is 2.75. The van der Waals surface area contributed by atoms with Crippen LogP contribution in [0.2, 0.25) is 5.02 Å². The van der Waals surface area contributed by atoms with E-state index in [0.717, 1.165) is 5.39 Å². The molecular formula is C16H12ClFN+. The van der Waals surface area contributed by atoms with Gasteiger partial charge in [0.25, 0.3) is 0 Å². The highest BCUT2D eigenvalue weighted by Crippen LogP contribution is 2.18. The lowest BCUT2D eigenvalue weighted by atomic mass is 10.1. The zero-order valence-electron chi connectivity index (χ0n) is 10.2. The van der Waals surface area contributed by atoms with Crippen molar-refractivity contribution >= 4 is 22.4 Å². The minimum atomic E-state index is -0.270. The van der Waals surface area contributed by atoms with Crippen molar-refractivity contribution < 1.29 is 8.96 Å². The van der Waals surface area contributed by atoms with Crippen LogP contribution in [0.25, 0.3) is 10.8 Å². The number of rotatable bonds is 2. The van der Waals surface area contributed by atoms with E-state index in [1.54, 1.807) is 12.1 Å². The first kappa shape index (κ1) is 12.1. The Morgan fingerprint density at radius 1 is 0.947 bits per heavy atom. The van der Waals surface area contributed by atoms with E-state index in [2.05, 4.69) is 6.07 Å². The van der Waals surface area contributed by atoms with Crippen molar-refractivity contribution in [1.82, 2.24) is 0 Å². The molecule has 0 amide bonds. The van der Waals surface area contributed by atoms with Gasteiger partial charge in [-0.05, 0) is 23.6 Å². The van der Waals surface area contributed by atoms with Crippen LogP contribution in [0.15, 0.2) is 60.9 Å². The van der Waals surface area contributed by atoms with Gasteiger partial charge < -0.3 is 0 Å². The molecule has 0 spiro atoms. The van der Waals surface area contributed by atoms with Crippen LogP contribution in [0.5, 0.6) is 0 Å². The maximum absolute atomic E-state index is 13.8. The molecule has 0 saturated heterocycles. The average Bonchev–Trinajstić information content (AvgIpc) is 2.43. The van der Waals surface area contributed by atoms with E-state index in [9.17, 15) is 4.39 Å². The molecule has 0 aliphatic heterocycles. The van der Waals surface area contributed by atoms with Gasteiger partial charge in [-0.3, -0.25) is 0 Å². The average molecular weight is 273 g/mol. The first-order valence-corrected chi connectivity index (χ1v) is 6.42. The fourth-order valence-corrected chi connectivity index (χ4v) is 2.37. The van der Waals surface area contributed by atoms with Gasteiger partial charge in [0.15, 0.2) is 18.9 Å². The molecule has 0 radical (unpaired) electrons. The van der Waals surface area contributed by atoms with Crippen molar-refractivity contribution in [3.8, 4) is 0 Å². The Labute approximate surface area is 115 Å². The van der Waals surface area contributed by atoms with E-state index in [-0.39, 0.29) is 5.82 Å². The number of benzene rings is 2. The van der Waals surface area contributed by atoms with Gasteiger partial charge >= 0.3 is 0 Å². The van der Waals surface area contributed by atoms with E-state index in [1.165, 1.54) is 11.5 Å². The second-order valence-electron chi connectivity index (χ2n) is 4.45. The highest BCUT2D eigenvalue weighted by Gasteiger charge is 2.12. The van der Waals surface area contributed by atoms with Crippen molar-refractivity contribution in [1.29, 1.82) is 0 Å². The first-order valence-electron chi connectivity index (χ1n) is 6.05. The minimum Gasteiger partial charge on any atom is -0.206 e. The molecule has 2 aromatic carbocycles. The van der Waals surface area contributed by atoms with Crippen LogP contribution in [0.3, 0.4) is 0 Å². The molecule has 1 heterocycles. The smallest absolute Gasteiger partial charge is 0.178 e. The normalized spacial score (nSPS) is 10.8. The molecule has 94 valence electrons. The number of hydrogen-bond donors (Lipinski definition) is 0. The fraction of sp³-hybridized carbons (Fsp3) is 0.0625. The number of nitrogens with zero attached hydrogens (tertiary/aromatic N) is 1. The Hall–Kier alpha value is -1.93. The molecule has 0 fully saturated rings. The second kappa shape index (κ2) is 4.98. The third kappa shape index (κ3) is 2.45. The van der Waals surface area contributed by atoms with Gasteiger partial charge in [-0.15, -0.1) is 0 Å². The van der Waals surface area contributed by atoms with Crippen LogP contribution in [-0.2, 0) is 6.54 Å². The second-order valence-corrected chi connectivity index (χ2v) is 4.85. The lowest BCUT2D eigenvalue weighted by Crippen LogP contribution is -2.33. The summed E-state index contributed by atoms with van der Waals surface area (Å²) >= 11 is 6.04. The van der Waals surface area contributed by atoms with Gasteiger partial charge in [0.2, 0.25) is 0 Å². The molecule has 3 heteroatoms. The van der Waals surface area contributed by atoms with E-state index < -0.39 is 0 Å². The summed E-state index contributed by atoms with van der Waals surface area (Å²) in [6.07, 6.45) is 3.93. The molecule has 0 bridgehead atoms. The number of aromatic nitrogens is 1. The summed E-state index contributed by atoms with van der Waals surface area (Å²) in [4.78, 5) is 0. The lowest BCUT2D eigenvalue weighted by molar-refractivity contribution is -0.687. The number of halogens is 2. The highest BCUT2D eigenvalue weighted by atomic mass is 35.5. The molecule has 0 saturated carbocycles. The van der Waals surface area contributed by atoms with Crippen LogP contribution in [-0.4, -0.2) is 0 Å². The van der Waals surface area contributed by atoms with Crippen molar-refractivity contribution in [3.63, 3.8) is 0 Å². The van der Waals surface area contributed by atoms with Crippen molar-refractivity contribution in [2.75, 3.05) is 0 Å². The van der Waals surface area contributed by atoms with Gasteiger partial charge in [0, 0.05) is 11.5 Å². The number of pyridine rings is 1. The van der Waals surface area contributed by atoms with E-state index in [4.69, 9.17) is 11.6 Å². The van der Waals surface area contributed by atoms with Crippen LogP contribution >= 0.6 is 11.6 Å². The zero-order chi connectivity index (χ0) is 13.2. The van der Waals surface area contributed by atoms with Crippen molar-refractivity contribution in [2.45, 2.75) is 6.54 Å². The molecule has 3 rings (SSSR count). The molecule has 19 heavy (non-hydrogen) atoms. The molecular weight excluding hydrogens is 261 g/mol. The van der Waals surface area contributed by atoms with Gasteiger partial charge in [-0.2, -0.15) is 4.57 Å². The third-order valence-corrected chi connectivity index (χ3v) is 3.50. The summed E-state index contributed by atoms with van der Waals surface area (Å²) in [7, 11) is 0. The summed E-state index contributed by atoms with van der Waals surface area (Å²) < 4.78 is 15.7. The Balaban J connectivity index is 2.01. The maximum Gasteiger partial charge on any atom is 0.178 e. The molecule has 0 aliphatic rings. The van der Waals surface area contributed by atoms with Crippen LogP contribution < -0.4 is 4.57 Å². The van der Waals surface area contributed by atoms with Crippen LogP contribution in [0, 0.1) is 5.82 Å². The molecule has 3 aromatic rings. The van der Waals surface area contributed by atoms with E-state index in [0.29, 0.717) is 17.1 Å². The Kier molecular flexibility index (Phi) is 3.18. The molecule has 0 atom stereocenters. The Morgan fingerprint density at radius 2 is 1.74 bits per heavy atom. The standard InChI is InChI=1S/C16H12ClFN/c17-15-6-3-7-16(18)14(15)11-19-9-8-12-4-1-2-5-13(12)10-19/h1-10H,11H2/q+1. The monoisotopic (exact) mass is 272 g/mol. The summed E-state index contributed by atoms with van der Waals surface area (Å²) in [6.45, 7) is 0.427. The lowest BCUT2D eigenvalue weighted by Gasteiger charge is -2.03. The Morgan fingerprint density at radius 3 is 2.53 bits per heavy atom. The highest BCUT2D eigenvalue weighted by molar-refractivity contribution is 6.31. The molecule has 0 unspecified atom stereocenters. The summed E-state index contributed by atoms with van der Waals surface area (Å²) in [5.41, 5.74) is 0.518. The van der Waals surface area contributed by atoms with Gasteiger partial charge in [-0.1, -0.05) is 35.9 Å². The van der Waals surface area contributed by atoms with Crippen molar-refractivity contribution in [2.24, 2.45) is 0 Å². The largest absolute Gasteiger partial charge is 0.206 e. The van der Waals surface area contributed by atoms with Gasteiger partial charge in [0.05, 0.1) is 10.6 Å². The summed E-state index contributed by atoms with van der Waals surface area (Å²) in [5.74, 6) is -0.270. The van der Waals surface area contributed by atoms with E-state index in [1.807, 2.05) is 41.2 Å². The fourth-order valence-electron chi connectivity index (χ4n) is 2.14. The first-order chi connectivity index (χ1) is 9.24. The van der Waals surface area contributed by atoms with Gasteiger partial charge in [0.1, 0.15) is 5.82 Å². The quantitative estimate of drug-likeness (QED) is 0.622. The predicted octanol–water partition coefficient (Wildman–Crippen LogP) is 3.97. The maximum atomic E-state index is 13.8. The number of fused-ring (bicyclic) bond motifs is 1. The SMILES string of the molecule is Fc1cccc(Cl)c1C[n+]1ccc2ccccc2c1. The van der Waals surface area contributed by atoms with Crippen LogP contribution in [0.4, 0.5) is 4.39 Å². The van der Waals surface area contributed by atoms with Crippen LogP contribution in [0.1, 0.15) is 5.56 Å². The Bertz CT molecular complexity index is 719. The topological polar surface area (TPSA) is 3.88 Å². The molecule has 1 nitrogen and oxygen atoms in total. The summed E-state index contributed by atoms with van der Waals surface area (Å²) in [6, 6.07) is 14.9. The number of hydrogen-bond acceptors (Lipinski definition) is 0. The minimum absolute atomic E-state index is 0.270. The molecule has 0 aliphatic carbocycles. The molecule has 1 aromatic heterocycles. The van der Waals surface area contributed by atoms with Gasteiger partial charge in [-0.25, -0.2) is 4.39 Å². The zero-order valence-corrected chi connectivity index (χ0v) is 10.9. The van der Waals surface area contributed by atoms with E-state index >= 15 is 0 Å². The molecule has 0 N–H and O–H groups in total. The predicted molar refractivity (Wildman–Crippen MR) is 74.7 cm³/mol.